The van der Waals surface area contributed by atoms with Gasteiger partial charge in [0.1, 0.15) is 5.75 Å². The van der Waals surface area contributed by atoms with Gasteiger partial charge in [0.15, 0.2) is 0 Å². The molecule has 0 bridgehead atoms. The third kappa shape index (κ3) is 2.68. The Balaban J connectivity index is 1.96. The highest BCUT2D eigenvalue weighted by Gasteiger charge is 2.09. The first-order valence-electron chi connectivity index (χ1n) is 7.27. The lowest BCUT2D eigenvalue weighted by atomic mass is 10.0. The molecule has 3 rings (SSSR count). The van der Waals surface area contributed by atoms with Crippen molar-refractivity contribution in [3.63, 3.8) is 0 Å². The summed E-state index contributed by atoms with van der Waals surface area (Å²) in [6, 6.07) is 20.6. The topological polar surface area (TPSA) is 14.2 Å². The van der Waals surface area contributed by atoms with Crippen LogP contribution in [-0.4, -0.2) is 11.7 Å². The van der Waals surface area contributed by atoms with Gasteiger partial charge in [0.25, 0.3) is 0 Å². The van der Waals surface area contributed by atoms with Crippen molar-refractivity contribution in [1.82, 2.24) is 4.57 Å². The normalized spacial score (nSPS) is 10.5. The van der Waals surface area contributed by atoms with E-state index in [0.717, 1.165) is 28.3 Å². The average molecular weight is 289 g/mol. The Bertz CT molecular complexity index is 779. The maximum Gasteiger partial charge on any atom is 0.118 e. The molecule has 0 radical (unpaired) electrons. The Morgan fingerprint density at radius 2 is 1.64 bits per heavy atom. The van der Waals surface area contributed by atoms with Gasteiger partial charge >= 0.3 is 0 Å². The molecule has 110 valence electrons. The Morgan fingerprint density at radius 3 is 2.27 bits per heavy atom. The monoisotopic (exact) mass is 289 g/mol. The Morgan fingerprint density at radius 1 is 0.955 bits per heavy atom. The molecule has 1 aromatic heterocycles. The zero-order valence-electron chi connectivity index (χ0n) is 12.9. The van der Waals surface area contributed by atoms with Gasteiger partial charge in [-0.05, 0) is 54.5 Å². The van der Waals surface area contributed by atoms with Crippen molar-refractivity contribution in [3.8, 4) is 11.4 Å². The molecule has 2 aromatic carbocycles. The molecule has 0 saturated carbocycles. The smallest absolute Gasteiger partial charge is 0.118 e. The van der Waals surface area contributed by atoms with Crippen LogP contribution >= 0.6 is 0 Å². The largest absolute Gasteiger partial charge is 0.497 e. The van der Waals surface area contributed by atoms with Gasteiger partial charge in [-0.2, -0.15) is 0 Å². The van der Waals surface area contributed by atoms with Gasteiger partial charge in [-0.25, -0.2) is 0 Å². The summed E-state index contributed by atoms with van der Waals surface area (Å²) in [5, 5.41) is 0. The van der Waals surface area contributed by atoms with Gasteiger partial charge in [-0.3, -0.25) is 0 Å². The fourth-order valence-corrected chi connectivity index (χ4v) is 2.50. The van der Waals surface area contributed by atoms with Gasteiger partial charge in [0, 0.05) is 11.9 Å². The molecule has 0 spiro atoms. The van der Waals surface area contributed by atoms with Crippen LogP contribution in [0.5, 0.6) is 5.75 Å². The van der Waals surface area contributed by atoms with Crippen LogP contribution < -0.4 is 4.74 Å². The quantitative estimate of drug-likeness (QED) is 0.669. The van der Waals surface area contributed by atoms with Crippen LogP contribution in [0.1, 0.15) is 16.8 Å². The van der Waals surface area contributed by atoms with E-state index in [4.69, 9.17) is 4.74 Å². The maximum absolute atomic E-state index is 5.21. The molecule has 22 heavy (non-hydrogen) atoms. The van der Waals surface area contributed by atoms with Crippen molar-refractivity contribution in [1.29, 1.82) is 0 Å². The maximum atomic E-state index is 5.21. The van der Waals surface area contributed by atoms with Gasteiger partial charge in [0.05, 0.1) is 12.8 Å². The van der Waals surface area contributed by atoms with Gasteiger partial charge in [-0.15, -0.1) is 0 Å². The summed E-state index contributed by atoms with van der Waals surface area (Å²) in [7, 11) is 1.67. The fourth-order valence-electron chi connectivity index (χ4n) is 2.50. The van der Waals surface area contributed by atoms with E-state index in [1.54, 1.807) is 7.11 Å². The Hall–Kier alpha value is -2.74. The third-order valence-corrected chi connectivity index (χ3v) is 3.81. The van der Waals surface area contributed by atoms with Crippen LogP contribution in [0, 0.1) is 6.92 Å². The highest BCUT2D eigenvalue weighted by molar-refractivity contribution is 5.77. The SMILES string of the molecule is C=C(c1ccc(OC)cc1)c1cccn1-c1ccc(C)cc1. The van der Waals surface area contributed by atoms with Gasteiger partial charge in [-0.1, -0.05) is 36.4 Å². The third-order valence-electron chi connectivity index (χ3n) is 3.81. The molecule has 0 amide bonds. The number of rotatable bonds is 4. The van der Waals surface area contributed by atoms with Crippen molar-refractivity contribution in [3.05, 3.63) is 90.3 Å². The molecular weight excluding hydrogens is 270 g/mol. The summed E-state index contributed by atoms with van der Waals surface area (Å²) in [6.07, 6.45) is 2.06. The molecule has 0 saturated heterocycles. The average Bonchev–Trinajstić information content (AvgIpc) is 3.04. The van der Waals surface area contributed by atoms with E-state index in [9.17, 15) is 0 Å². The summed E-state index contributed by atoms with van der Waals surface area (Å²) in [6.45, 7) is 6.36. The second-order valence-electron chi connectivity index (χ2n) is 5.31. The first kappa shape index (κ1) is 14.2. The molecule has 0 fully saturated rings. The molecule has 3 aromatic rings. The zero-order chi connectivity index (χ0) is 15.5. The molecule has 0 unspecified atom stereocenters. The van der Waals surface area contributed by atoms with Crippen LogP contribution in [0.3, 0.4) is 0 Å². The summed E-state index contributed by atoms with van der Waals surface area (Å²) in [4.78, 5) is 0. The molecule has 0 aliphatic heterocycles. The zero-order valence-corrected chi connectivity index (χ0v) is 12.9. The minimum atomic E-state index is 0.852. The lowest BCUT2D eigenvalue weighted by molar-refractivity contribution is 0.415. The summed E-state index contributed by atoms with van der Waals surface area (Å²) in [5.41, 5.74) is 5.57. The van der Waals surface area contributed by atoms with Crippen LogP contribution in [0.4, 0.5) is 0 Å². The van der Waals surface area contributed by atoms with Crippen molar-refractivity contribution in [2.75, 3.05) is 7.11 Å². The number of ether oxygens (including phenoxy) is 1. The van der Waals surface area contributed by atoms with E-state index in [0.29, 0.717) is 0 Å². The van der Waals surface area contributed by atoms with Gasteiger partial charge < -0.3 is 9.30 Å². The van der Waals surface area contributed by atoms with Crippen molar-refractivity contribution < 1.29 is 4.74 Å². The molecular formula is C20H19NO. The minimum Gasteiger partial charge on any atom is -0.497 e. The molecule has 0 aliphatic carbocycles. The van der Waals surface area contributed by atoms with Gasteiger partial charge in [0.2, 0.25) is 0 Å². The van der Waals surface area contributed by atoms with Crippen molar-refractivity contribution in [2.24, 2.45) is 0 Å². The fraction of sp³-hybridized carbons (Fsp3) is 0.100. The highest BCUT2D eigenvalue weighted by Crippen LogP contribution is 2.26. The predicted octanol–water partition coefficient (Wildman–Crippen LogP) is 4.86. The molecule has 2 nitrogen and oxygen atoms in total. The van der Waals surface area contributed by atoms with Crippen molar-refractivity contribution >= 4 is 5.57 Å². The lowest BCUT2D eigenvalue weighted by Gasteiger charge is -2.12. The lowest BCUT2D eigenvalue weighted by Crippen LogP contribution is -1.99. The number of nitrogens with zero attached hydrogens (tertiary/aromatic N) is 1. The highest BCUT2D eigenvalue weighted by atomic mass is 16.5. The van der Waals surface area contributed by atoms with E-state index < -0.39 is 0 Å². The number of hydrogen-bond acceptors (Lipinski definition) is 1. The summed E-state index contributed by atoms with van der Waals surface area (Å²) >= 11 is 0. The number of benzene rings is 2. The van der Waals surface area contributed by atoms with E-state index in [-0.39, 0.29) is 0 Å². The van der Waals surface area contributed by atoms with Crippen molar-refractivity contribution in [2.45, 2.75) is 6.92 Å². The number of hydrogen-bond donors (Lipinski definition) is 0. The number of aromatic nitrogens is 1. The first-order chi connectivity index (χ1) is 10.7. The minimum absolute atomic E-state index is 0.852. The van der Waals surface area contributed by atoms with Crippen LogP contribution in [0.15, 0.2) is 73.4 Å². The Kier molecular flexibility index (Phi) is 3.84. The van der Waals surface area contributed by atoms with Crippen LogP contribution in [0.2, 0.25) is 0 Å². The van der Waals surface area contributed by atoms with E-state index >= 15 is 0 Å². The molecule has 2 heteroatoms. The predicted molar refractivity (Wildman–Crippen MR) is 91.6 cm³/mol. The van der Waals surface area contributed by atoms with Crippen LogP contribution in [-0.2, 0) is 0 Å². The summed E-state index contributed by atoms with van der Waals surface area (Å²) < 4.78 is 7.37. The summed E-state index contributed by atoms with van der Waals surface area (Å²) in [5.74, 6) is 0.852. The molecule has 0 N–H and O–H groups in total. The number of aryl methyl sites for hydroxylation is 1. The Labute approximate surface area is 131 Å². The van der Waals surface area contributed by atoms with Crippen LogP contribution in [0.25, 0.3) is 11.3 Å². The molecule has 0 aliphatic rings. The van der Waals surface area contributed by atoms with E-state index in [1.807, 2.05) is 30.3 Å². The van der Waals surface area contributed by atoms with E-state index in [1.165, 1.54) is 5.56 Å². The number of methoxy groups -OCH3 is 1. The second-order valence-corrected chi connectivity index (χ2v) is 5.31. The molecule has 0 atom stereocenters. The van der Waals surface area contributed by atoms with E-state index in [2.05, 4.69) is 54.6 Å². The molecule has 1 heterocycles. The second kappa shape index (κ2) is 5.94. The standard InChI is InChI=1S/C20H19NO/c1-15-6-10-18(11-7-15)21-14-4-5-20(21)16(2)17-8-12-19(22-3)13-9-17/h4-14H,2H2,1,3H3. The first-order valence-corrected chi connectivity index (χ1v) is 7.27.